The molecule has 1 aliphatic heterocycles. The number of carbonyl (C=O) groups excluding carboxylic acids is 1. The van der Waals surface area contributed by atoms with Crippen LogP contribution in [0.2, 0.25) is 0 Å². The van der Waals surface area contributed by atoms with Gasteiger partial charge >= 0.3 is 5.97 Å². The molecule has 2 aromatic carbocycles. The van der Waals surface area contributed by atoms with Crippen LogP contribution in [0.5, 0.6) is 5.75 Å². The third-order valence-corrected chi connectivity index (χ3v) is 7.41. The van der Waals surface area contributed by atoms with Gasteiger partial charge in [-0.2, -0.15) is 0 Å². The van der Waals surface area contributed by atoms with E-state index in [1.165, 1.54) is 14.2 Å². The second kappa shape index (κ2) is 11.0. The molecule has 0 unspecified atom stereocenters. The van der Waals surface area contributed by atoms with Crippen molar-refractivity contribution in [2.24, 2.45) is 0 Å². The molecule has 40 heavy (non-hydrogen) atoms. The predicted octanol–water partition coefficient (Wildman–Crippen LogP) is 4.22. The summed E-state index contributed by atoms with van der Waals surface area (Å²) in [5.74, 6) is -0.0617. The number of anilines is 2. The molecular formula is C28H27N5O5S2. The fourth-order valence-corrected chi connectivity index (χ4v) is 5.71. The average molecular weight is 578 g/mol. The lowest BCUT2D eigenvalue weighted by Crippen LogP contribution is -2.30. The number of esters is 1. The van der Waals surface area contributed by atoms with Crippen molar-refractivity contribution < 1.29 is 22.7 Å². The van der Waals surface area contributed by atoms with Crippen LogP contribution < -0.4 is 19.7 Å². The molecule has 5 rings (SSSR count). The van der Waals surface area contributed by atoms with E-state index in [2.05, 4.69) is 15.0 Å². The maximum absolute atomic E-state index is 12.0. The van der Waals surface area contributed by atoms with Crippen molar-refractivity contribution in [3.05, 3.63) is 102 Å². The third kappa shape index (κ3) is 5.36. The van der Waals surface area contributed by atoms with Crippen LogP contribution in [-0.4, -0.2) is 49.5 Å². The molecule has 0 amide bonds. The van der Waals surface area contributed by atoms with E-state index in [1.54, 1.807) is 36.5 Å². The Bertz CT molecular complexity index is 1660. The molecule has 206 valence electrons. The van der Waals surface area contributed by atoms with E-state index in [0.29, 0.717) is 27.8 Å². The zero-order valence-corrected chi connectivity index (χ0v) is 23.6. The fourth-order valence-electron chi connectivity index (χ4n) is 4.79. The molecule has 1 aliphatic rings. The smallest absolute Gasteiger partial charge is 0.337 e. The van der Waals surface area contributed by atoms with Crippen LogP contribution in [0.4, 0.5) is 11.4 Å². The number of sulfonamides is 1. The highest BCUT2D eigenvalue weighted by Gasteiger charge is 2.42. The molecular weight excluding hydrogens is 550 g/mol. The summed E-state index contributed by atoms with van der Waals surface area (Å²) in [6.45, 7) is 0. The quantitative estimate of drug-likeness (QED) is 0.235. The van der Waals surface area contributed by atoms with E-state index in [0.717, 1.165) is 23.3 Å². The second-order valence-electron chi connectivity index (χ2n) is 9.10. The zero-order chi connectivity index (χ0) is 28.4. The zero-order valence-electron chi connectivity index (χ0n) is 21.9. The summed E-state index contributed by atoms with van der Waals surface area (Å²) in [6.07, 6.45) is 4.76. The number of methoxy groups -OCH3 is 2. The van der Waals surface area contributed by atoms with Crippen LogP contribution in [0.15, 0.2) is 85.2 Å². The molecule has 2 aromatic heterocycles. The van der Waals surface area contributed by atoms with Gasteiger partial charge in [0.15, 0.2) is 5.11 Å². The summed E-state index contributed by atoms with van der Waals surface area (Å²) in [5, 5.41) is 3.90. The molecule has 2 N–H and O–H groups in total. The fraction of sp³-hybridized carbons (Fsp3) is 0.179. The highest BCUT2D eigenvalue weighted by molar-refractivity contribution is 7.92. The Morgan fingerprint density at radius 1 is 1.02 bits per heavy atom. The van der Waals surface area contributed by atoms with Crippen molar-refractivity contribution in [2.75, 3.05) is 30.1 Å². The molecule has 12 heteroatoms. The molecule has 0 aliphatic carbocycles. The third-order valence-electron chi connectivity index (χ3n) is 6.51. The first kappa shape index (κ1) is 27.2. The van der Waals surface area contributed by atoms with Gasteiger partial charge in [-0.3, -0.25) is 9.71 Å². The van der Waals surface area contributed by atoms with Crippen LogP contribution in [0, 0.1) is 0 Å². The number of aromatic nitrogens is 2. The Balaban J connectivity index is 1.62. The second-order valence-corrected chi connectivity index (χ2v) is 11.2. The monoisotopic (exact) mass is 577 g/mol. The van der Waals surface area contributed by atoms with Gasteiger partial charge in [0.05, 0.1) is 43.5 Å². The number of hydrogen-bond donors (Lipinski definition) is 2. The summed E-state index contributed by atoms with van der Waals surface area (Å²) in [7, 11) is -0.687. The number of nitrogens with one attached hydrogen (secondary N) is 2. The standard InChI is InChI=1S/C28H27N5O5S2/c1-37-24-17-20(13-14-21(24)31-40(3,35)36)33-26(25(30-28(33)39)22-7-4-5-15-29-22)23-8-6-16-32(23)19-11-9-18(10-12-19)27(34)38-2/h4-17,25-26,31H,1-3H3,(H,30,39)/t25-,26+/m1/s1. The van der Waals surface area contributed by atoms with Crippen molar-refractivity contribution in [3.63, 3.8) is 0 Å². The minimum Gasteiger partial charge on any atom is -0.494 e. The van der Waals surface area contributed by atoms with Gasteiger partial charge in [0.25, 0.3) is 0 Å². The lowest BCUT2D eigenvalue weighted by molar-refractivity contribution is 0.0600. The van der Waals surface area contributed by atoms with Crippen molar-refractivity contribution in [3.8, 4) is 11.4 Å². The van der Waals surface area contributed by atoms with E-state index in [-0.39, 0.29) is 12.1 Å². The Hall–Kier alpha value is -4.42. The van der Waals surface area contributed by atoms with E-state index in [1.807, 2.05) is 58.1 Å². The predicted molar refractivity (Wildman–Crippen MR) is 157 cm³/mol. The maximum Gasteiger partial charge on any atom is 0.337 e. The highest BCUT2D eigenvalue weighted by Crippen LogP contribution is 2.44. The van der Waals surface area contributed by atoms with Gasteiger partial charge < -0.3 is 24.3 Å². The van der Waals surface area contributed by atoms with Crippen LogP contribution in [0.25, 0.3) is 5.69 Å². The summed E-state index contributed by atoms with van der Waals surface area (Å²) in [5.41, 5.74) is 4.02. The summed E-state index contributed by atoms with van der Waals surface area (Å²) in [4.78, 5) is 18.5. The average Bonchev–Trinajstić information content (AvgIpc) is 3.57. The summed E-state index contributed by atoms with van der Waals surface area (Å²) < 4.78 is 38.6. The lowest BCUT2D eigenvalue weighted by atomic mass is 10.0. The number of carbonyl (C=O) groups is 1. The number of rotatable bonds is 8. The van der Waals surface area contributed by atoms with E-state index < -0.39 is 16.0 Å². The van der Waals surface area contributed by atoms with Crippen molar-refractivity contribution in [2.45, 2.75) is 12.1 Å². The van der Waals surface area contributed by atoms with Crippen LogP contribution in [0.1, 0.15) is 33.8 Å². The van der Waals surface area contributed by atoms with Gasteiger partial charge in [0.1, 0.15) is 11.8 Å². The number of pyridine rings is 1. The molecule has 0 bridgehead atoms. The molecule has 2 atom stereocenters. The molecule has 1 fully saturated rings. The van der Waals surface area contributed by atoms with Crippen molar-refractivity contribution in [1.29, 1.82) is 0 Å². The molecule has 0 radical (unpaired) electrons. The van der Waals surface area contributed by atoms with E-state index in [4.69, 9.17) is 21.7 Å². The number of benzene rings is 2. The van der Waals surface area contributed by atoms with Crippen LogP contribution in [-0.2, 0) is 14.8 Å². The van der Waals surface area contributed by atoms with Crippen molar-refractivity contribution in [1.82, 2.24) is 14.9 Å². The normalized spacial score (nSPS) is 16.9. The first-order valence-electron chi connectivity index (χ1n) is 12.2. The molecule has 10 nitrogen and oxygen atoms in total. The van der Waals surface area contributed by atoms with E-state index >= 15 is 0 Å². The topological polar surface area (TPSA) is 115 Å². The molecule has 1 saturated heterocycles. The molecule has 0 saturated carbocycles. The minimum atomic E-state index is -3.51. The van der Waals surface area contributed by atoms with Gasteiger partial charge in [-0.05, 0) is 72.9 Å². The Morgan fingerprint density at radius 2 is 1.77 bits per heavy atom. The van der Waals surface area contributed by atoms with Gasteiger partial charge in [0, 0.05) is 35.5 Å². The SMILES string of the molecule is COC(=O)c1ccc(-n2cccc2[C@H]2[C@@H](c3ccccn3)NC(=S)N2c2ccc(NS(C)(=O)=O)c(OC)c2)cc1. The maximum atomic E-state index is 12.0. The van der Waals surface area contributed by atoms with Crippen LogP contribution in [0.3, 0.4) is 0 Å². The molecule has 4 aromatic rings. The Morgan fingerprint density at radius 3 is 2.42 bits per heavy atom. The number of ether oxygens (including phenoxy) is 2. The van der Waals surface area contributed by atoms with E-state index in [9.17, 15) is 13.2 Å². The van der Waals surface area contributed by atoms with Gasteiger partial charge in [-0.25, -0.2) is 13.2 Å². The minimum absolute atomic E-state index is 0.309. The summed E-state index contributed by atoms with van der Waals surface area (Å²) in [6, 6.07) is 21.3. The summed E-state index contributed by atoms with van der Waals surface area (Å²) >= 11 is 5.84. The van der Waals surface area contributed by atoms with Gasteiger partial charge in [-0.1, -0.05) is 6.07 Å². The number of nitrogens with zero attached hydrogens (tertiary/aromatic N) is 3. The number of hydrogen-bond acceptors (Lipinski definition) is 7. The molecule has 0 spiro atoms. The highest BCUT2D eigenvalue weighted by atomic mass is 32.2. The van der Waals surface area contributed by atoms with Crippen molar-refractivity contribution >= 4 is 44.7 Å². The largest absolute Gasteiger partial charge is 0.494 e. The lowest BCUT2D eigenvalue weighted by Gasteiger charge is -2.29. The first-order valence-corrected chi connectivity index (χ1v) is 14.5. The van der Waals surface area contributed by atoms with Gasteiger partial charge in [0.2, 0.25) is 10.0 Å². The molecule has 3 heterocycles. The number of thiocarbonyl (C=S) groups is 1. The Labute approximate surface area is 237 Å². The first-order chi connectivity index (χ1) is 19.2. The Kier molecular flexibility index (Phi) is 7.46. The van der Waals surface area contributed by atoms with Crippen LogP contribution >= 0.6 is 12.2 Å². The van der Waals surface area contributed by atoms with Gasteiger partial charge in [-0.15, -0.1) is 0 Å².